The molecule has 0 aliphatic heterocycles. The van der Waals surface area contributed by atoms with Crippen molar-refractivity contribution in [1.82, 2.24) is 0 Å². The van der Waals surface area contributed by atoms with E-state index in [2.05, 4.69) is 0 Å². The lowest BCUT2D eigenvalue weighted by Crippen LogP contribution is -2.25. The Bertz CT molecular complexity index is 617. The van der Waals surface area contributed by atoms with Crippen molar-refractivity contribution in [1.29, 1.82) is 0 Å². The van der Waals surface area contributed by atoms with Gasteiger partial charge in [0.25, 0.3) is 10.0 Å². The Morgan fingerprint density at radius 3 is 2.33 bits per heavy atom. The van der Waals surface area contributed by atoms with Gasteiger partial charge in [0.05, 0.1) is 5.69 Å². The second-order valence-corrected chi connectivity index (χ2v) is 7.25. The summed E-state index contributed by atoms with van der Waals surface area (Å²) in [5.41, 5.74) is 0.670. The van der Waals surface area contributed by atoms with E-state index in [1.807, 2.05) is 31.2 Å². The third-order valence-electron chi connectivity index (χ3n) is 2.72. The quantitative estimate of drug-likeness (QED) is 0.863. The van der Waals surface area contributed by atoms with Crippen LogP contribution in [0.2, 0.25) is 0 Å². The standard InChI is InChI=1S/C13H15NO2S2/c1-3-12-9-10-13(17-12)18(15,16)14(2)11-7-5-4-6-8-11/h4-10H,3H2,1-2H3. The molecular formula is C13H15NO2S2. The van der Waals surface area contributed by atoms with Gasteiger partial charge in [0, 0.05) is 11.9 Å². The van der Waals surface area contributed by atoms with Gasteiger partial charge in [0.15, 0.2) is 0 Å². The molecule has 0 spiro atoms. The van der Waals surface area contributed by atoms with Crippen LogP contribution in [0.5, 0.6) is 0 Å². The average molecular weight is 281 g/mol. The number of rotatable bonds is 4. The molecule has 1 heterocycles. The van der Waals surface area contributed by atoms with E-state index in [1.54, 1.807) is 25.2 Å². The highest BCUT2D eigenvalue weighted by Gasteiger charge is 2.22. The highest BCUT2D eigenvalue weighted by molar-refractivity contribution is 7.94. The maximum atomic E-state index is 12.4. The van der Waals surface area contributed by atoms with Gasteiger partial charge in [-0.3, -0.25) is 4.31 Å². The molecule has 0 atom stereocenters. The lowest BCUT2D eigenvalue weighted by molar-refractivity contribution is 0.596. The van der Waals surface area contributed by atoms with E-state index in [4.69, 9.17) is 0 Å². The number of hydrogen-bond acceptors (Lipinski definition) is 3. The Kier molecular flexibility index (Phi) is 3.73. The van der Waals surface area contributed by atoms with Gasteiger partial charge in [-0.2, -0.15) is 0 Å². The van der Waals surface area contributed by atoms with Crippen LogP contribution in [0.1, 0.15) is 11.8 Å². The first-order chi connectivity index (χ1) is 8.55. The molecule has 3 nitrogen and oxygen atoms in total. The molecular weight excluding hydrogens is 266 g/mol. The maximum Gasteiger partial charge on any atom is 0.273 e. The van der Waals surface area contributed by atoms with Crippen LogP contribution < -0.4 is 4.31 Å². The van der Waals surface area contributed by atoms with Crippen molar-refractivity contribution in [3.05, 3.63) is 47.3 Å². The number of nitrogens with zero attached hydrogens (tertiary/aromatic N) is 1. The SMILES string of the molecule is CCc1ccc(S(=O)(=O)N(C)c2ccccc2)s1. The van der Waals surface area contributed by atoms with Crippen LogP contribution in [0.3, 0.4) is 0 Å². The lowest BCUT2D eigenvalue weighted by Gasteiger charge is -2.18. The molecule has 0 aliphatic rings. The summed E-state index contributed by atoms with van der Waals surface area (Å²) in [6.45, 7) is 2.02. The van der Waals surface area contributed by atoms with Crippen LogP contribution in [0.4, 0.5) is 5.69 Å². The first kappa shape index (κ1) is 13.1. The molecule has 96 valence electrons. The Hall–Kier alpha value is -1.33. The number of hydrogen-bond donors (Lipinski definition) is 0. The van der Waals surface area contributed by atoms with E-state index in [9.17, 15) is 8.42 Å². The summed E-state index contributed by atoms with van der Waals surface area (Å²) in [7, 11) is -1.85. The average Bonchev–Trinajstić information content (AvgIpc) is 2.88. The molecule has 0 aliphatic carbocycles. The second-order valence-electron chi connectivity index (χ2n) is 3.88. The van der Waals surface area contributed by atoms with Gasteiger partial charge in [0.1, 0.15) is 4.21 Å². The predicted octanol–water partition coefficient (Wildman–Crippen LogP) is 3.14. The topological polar surface area (TPSA) is 37.4 Å². The molecule has 0 fully saturated rings. The van der Waals surface area contributed by atoms with Gasteiger partial charge < -0.3 is 0 Å². The molecule has 0 N–H and O–H groups in total. The van der Waals surface area contributed by atoms with E-state index in [0.29, 0.717) is 9.90 Å². The van der Waals surface area contributed by atoms with Crippen molar-refractivity contribution in [3.63, 3.8) is 0 Å². The van der Waals surface area contributed by atoms with Crippen molar-refractivity contribution < 1.29 is 8.42 Å². The predicted molar refractivity (Wildman–Crippen MR) is 75.7 cm³/mol. The minimum atomic E-state index is -3.43. The molecule has 0 unspecified atom stereocenters. The molecule has 0 amide bonds. The summed E-state index contributed by atoms with van der Waals surface area (Å²) in [6.07, 6.45) is 0.856. The molecule has 0 radical (unpaired) electrons. The maximum absolute atomic E-state index is 12.4. The van der Waals surface area contributed by atoms with Crippen LogP contribution in [-0.2, 0) is 16.4 Å². The summed E-state index contributed by atoms with van der Waals surface area (Å²) in [6, 6.07) is 12.6. The van der Waals surface area contributed by atoms with Crippen molar-refractivity contribution >= 4 is 27.0 Å². The molecule has 5 heteroatoms. The molecule has 2 rings (SSSR count). The van der Waals surface area contributed by atoms with Gasteiger partial charge in [0.2, 0.25) is 0 Å². The van der Waals surface area contributed by atoms with Crippen molar-refractivity contribution in [2.45, 2.75) is 17.6 Å². The summed E-state index contributed by atoms with van der Waals surface area (Å²) in [5, 5.41) is 0. The van der Waals surface area contributed by atoms with Gasteiger partial charge >= 0.3 is 0 Å². The molecule has 18 heavy (non-hydrogen) atoms. The van der Waals surface area contributed by atoms with E-state index in [-0.39, 0.29) is 0 Å². The monoisotopic (exact) mass is 281 g/mol. The number of thiophene rings is 1. The minimum absolute atomic E-state index is 0.394. The molecule has 0 saturated carbocycles. The number of para-hydroxylation sites is 1. The number of aryl methyl sites for hydroxylation is 1. The Morgan fingerprint density at radius 2 is 1.78 bits per heavy atom. The van der Waals surface area contributed by atoms with Crippen LogP contribution in [0.25, 0.3) is 0 Å². The summed E-state index contributed by atoms with van der Waals surface area (Å²) in [5.74, 6) is 0. The highest BCUT2D eigenvalue weighted by Crippen LogP contribution is 2.27. The van der Waals surface area contributed by atoms with Gasteiger partial charge in [-0.25, -0.2) is 8.42 Å². The molecule has 0 bridgehead atoms. The normalized spacial score (nSPS) is 11.4. The lowest BCUT2D eigenvalue weighted by atomic mass is 10.3. The van der Waals surface area contributed by atoms with Crippen LogP contribution in [0.15, 0.2) is 46.7 Å². The van der Waals surface area contributed by atoms with Crippen LogP contribution in [-0.4, -0.2) is 15.5 Å². The zero-order chi connectivity index (χ0) is 13.2. The second kappa shape index (κ2) is 5.12. The zero-order valence-corrected chi connectivity index (χ0v) is 12.0. The van der Waals surface area contributed by atoms with E-state index in [1.165, 1.54) is 15.6 Å². The minimum Gasteiger partial charge on any atom is -0.269 e. The first-order valence-electron chi connectivity index (χ1n) is 5.68. The van der Waals surface area contributed by atoms with Crippen LogP contribution >= 0.6 is 11.3 Å². The van der Waals surface area contributed by atoms with Crippen molar-refractivity contribution in [2.75, 3.05) is 11.4 Å². The smallest absolute Gasteiger partial charge is 0.269 e. The van der Waals surface area contributed by atoms with Gasteiger partial charge in [-0.1, -0.05) is 25.1 Å². The van der Waals surface area contributed by atoms with Crippen LogP contribution in [0, 0.1) is 0 Å². The Balaban J connectivity index is 2.37. The number of sulfonamides is 1. The van der Waals surface area contributed by atoms with E-state index >= 15 is 0 Å². The van der Waals surface area contributed by atoms with E-state index in [0.717, 1.165) is 11.3 Å². The molecule has 1 aromatic carbocycles. The fourth-order valence-electron chi connectivity index (χ4n) is 1.60. The fraction of sp³-hybridized carbons (Fsp3) is 0.231. The van der Waals surface area contributed by atoms with Crippen molar-refractivity contribution in [3.8, 4) is 0 Å². The summed E-state index contributed by atoms with van der Waals surface area (Å²) < 4.78 is 26.5. The van der Waals surface area contributed by atoms with Gasteiger partial charge in [-0.15, -0.1) is 11.3 Å². The summed E-state index contributed by atoms with van der Waals surface area (Å²) >= 11 is 1.33. The Labute approximate surface area is 112 Å². The highest BCUT2D eigenvalue weighted by atomic mass is 32.2. The first-order valence-corrected chi connectivity index (χ1v) is 7.94. The largest absolute Gasteiger partial charge is 0.273 e. The van der Waals surface area contributed by atoms with E-state index < -0.39 is 10.0 Å². The zero-order valence-electron chi connectivity index (χ0n) is 10.3. The third-order valence-corrected chi connectivity index (χ3v) is 6.20. The number of benzene rings is 1. The van der Waals surface area contributed by atoms with Gasteiger partial charge in [-0.05, 0) is 30.7 Å². The third kappa shape index (κ3) is 2.42. The fourth-order valence-corrected chi connectivity index (χ4v) is 4.26. The Morgan fingerprint density at radius 1 is 1.11 bits per heavy atom. The molecule has 1 aromatic heterocycles. The summed E-state index contributed by atoms with van der Waals surface area (Å²) in [4.78, 5) is 1.08. The molecule has 2 aromatic rings. The van der Waals surface area contributed by atoms with Crippen molar-refractivity contribution in [2.24, 2.45) is 0 Å². The molecule has 0 saturated heterocycles. The number of anilines is 1.